The van der Waals surface area contributed by atoms with Crippen molar-refractivity contribution in [2.24, 2.45) is 5.92 Å². The fourth-order valence-corrected chi connectivity index (χ4v) is 2.36. The van der Waals surface area contributed by atoms with Gasteiger partial charge in [0.15, 0.2) is 11.6 Å². The van der Waals surface area contributed by atoms with Crippen molar-refractivity contribution >= 4 is 11.4 Å². The summed E-state index contributed by atoms with van der Waals surface area (Å²) < 4.78 is 32.2. The van der Waals surface area contributed by atoms with E-state index in [9.17, 15) is 8.78 Å². The van der Waals surface area contributed by atoms with Crippen LogP contribution in [0.3, 0.4) is 0 Å². The number of halogens is 2. The largest absolute Gasteiger partial charge is 0.397 e. The van der Waals surface area contributed by atoms with Crippen molar-refractivity contribution in [1.82, 2.24) is 0 Å². The first-order chi connectivity index (χ1) is 8.63. The van der Waals surface area contributed by atoms with Gasteiger partial charge in [0.1, 0.15) is 0 Å². The molecule has 1 aromatic rings. The van der Waals surface area contributed by atoms with Crippen molar-refractivity contribution < 1.29 is 13.5 Å². The van der Waals surface area contributed by atoms with E-state index in [-0.39, 0.29) is 17.5 Å². The third kappa shape index (κ3) is 2.56. The van der Waals surface area contributed by atoms with Crippen molar-refractivity contribution in [3.63, 3.8) is 0 Å². The molecular formula is C13H18F2N2O. The minimum absolute atomic E-state index is 0.0525. The summed E-state index contributed by atoms with van der Waals surface area (Å²) >= 11 is 0. The van der Waals surface area contributed by atoms with E-state index in [0.29, 0.717) is 12.5 Å². The SMILES string of the molecule is CCC1OCCC1CNc1c(N)ccc(F)c1F. The van der Waals surface area contributed by atoms with Gasteiger partial charge in [-0.05, 0) is 25.0 Å². The quantitative estimate of drug-likeness (QED) is 0.814. The molecule has 1 saturated heterocycles. The molecule has 0 bridgehead atoms. The molecule has 3 N–H and O–H groups in total. The van der Waals surface area contributed by atoms with E-state index >= 15 is 0 Å². The Kier molecular flexibility index (Phi) is 4.01. The highest BCUT2D eigenvalue weighted by atomic mass is 19.2. The summed E-state index contributed by atoms with van der Waals surface area (Å²) in [4.78, 5) is 0. The number of nitrogens with one attached hydrogen (secondary N) is 1. The Morgan fingerprint density at radius 3 is 2.94 bits per heavy atom. The topological polar surface area (TPSA) is 47.3 Å². The molecule has 1 heterocycles. The van der Waals surface area contributed by atoms with Crippen LogP contribution in [0, 0.1) is 17.6 Å². The van der Waals surface area contributed by atoms with Gasteiger partial charge in [0.2, 0.25) is 0 Å². The van der Waals surface area contributed by atoms with Gasteiger partial charge in [-0.25, -0.2) is 8.78 Å². The van der Waals surface area contributed by atoms with Crippen LogP contribution >= 0.6 is 0 Å². The van der Waals surface area contributed by atoms with Gasteiger partial charge in [-0.1, -0.05) is 6.92 Å². The first-order valence-electron chi connectivity index (χ1n) is 6.22. The molecule has 2 rings (SSSR count). The second-order valence-electron chi connectivity index (χ2n) is 4.57. The Bertz CT molecular complexity index is 426. The summed E-state index contributed by atoms with van der Waals surface area (Å²) in [6.07, 6.45) is 2.05. The lowest BCUT2D eigenvalue weighted by molar-refractivity contribution is 0.0900. The lowest BCUT2D eigenvalue weighted by Gasteiger charge is -2.19. The number of nitrogens with two attached hydrogens (primary N) is 1. The predicted molar refractivity (Wildman–Crippen MR) is 67.4 cm³/mol. The second-order valence-corrected chi connectivity index (χ2v) is 4.57. The van der Waals surface area contributed by atoms with Crippen molar-refractivity contribution in [3.05, 3.63) is 23.8 Å². The number of rotatable bonds is 4. The standard InChI is InChI=1S/C13H18F2N2O/c1-2-11-8(5-6-18-11)7-17-13-10(16)4-3-9(14)12(13)15/h3-4,8,11,17H,2,5-7,16H2,1H3. The van der Waals surface area contributed by atoms with E-state index in [2.05, 4.69) is 12.2 Å². The maximum atomic E-state index is 13.6. The smallest absolute Gasteiger partial charge is 0.183 e. The molecule has 100 valence electrons. The average molecular weight is 256 g/mol. The maximum Gasteiger partial charge on any atom is 0.183 e. The molecule has 3 nitrogen and oxygen atoms in total. The molecule has 2 unspecified atom stereocenters. The third-order valence-corrected chi connectivity index (χ3v) is 3.42. The molecule has 0 spiro atoms. The summed E-state index contributed by atoms with van der Waals surface area (Å²) in [5, 5.41) is 2.91. The zero-order valence-corrected chi connectivity index (χ0v) is 10.4. The van der Waals surface area contributed by atoms with E-state index in [0.717, 1.165) is 25.5 Å². The molecule has 1 fully saturated rings. The van der Waals surface area contributed by atoms with Crippen LogP contribution in [0.2, 0.25) is 0 Å². The third-order valence-electron chi connectivity index (χ3n) is 3.42. The molecule has 0 aliphatic carbocycles. The van der Waals surface area contributed by atoms with Crippen LogP contribution in [-0.4, -0.2) is 19.3 Å². The fraction of sp³-hybridized carbons (Fsp3) is 0.538. The minimum Gasteiger partial charge on any atom is -0.397 e. The summed E-state index contributed by atoms with van der Waals surface area (Å²) in [6.45, 7) is 3.33. The first-order valence-corrected chi connectivity index (χ1v) is 6.22. The average Bonchev–Trinajstić information content (AvgIpc) is 2.81. The molecule has 18 heavy (non-hydrogen) atoms. The monoisotopic (exact) mass is 256 g/mol. The Morgan fingerprint density at radius 1 is 1.44 bits per heavy atom. The molecular weight excluding hydrogens is 238 g/mol. The highest BCUT2D eigenvalue weighted by molar-refractivity contribution is 5.66. The number of anilines is 2. The number of hydrogen-bond donors (Lipinski definition) is 2. The second kappa shape index (κ2) is 5.52. The Hall–Kier alpha value is -1.36. The van der Waals surface area contributed by atoms with Crippen LogP contribution in [0.4, 0.5) is 20.2 Å². The summed E-state index contributed by atoms with van der Waals surface area (Å²) in [6, 6.07) is 2.40. The van der Waals surface area contributed by atoms with Crippen molar-refractivity contribution in [3.8, 4) is 0 Å². The molecule has 0 aromatic heterocycles. The predicted octanol–water partition coefficient (Wildman–Crippen LogP) is 2.77. The van der Waals surface area contributed by atoms with E-state index in [1.807, 2.05) is 0 Å². The van der Waals surface area contributed by atoms with Crippen LogP contribution in [0.15, 0.2) is 12.1 Å². The number of nitrogen functional groups attached to an aromatic ring is 1. The molecule has 5 heteroatoms. The van der Waals surface area contributed by atoms with Crippen LogP contribution in [0.25, 0.3) is 0 Å². The van der Waals surface area contributed by atoms with Crippen LogP contribution < -0.4 is 11.1 Å². The van der Waals surface area contributed by atoms with Gasteiger partial charge >= 0.3 is 0 Å². The van der Waals surface area contributed by atoms with E-state index in [4.69, 9.17) is 10.5 Å². The molecule has 1 aliphatic heterocycles. The van der Waals surface area contributed by atoms with E-state index < -0.39 is 11.6 Å². The summed E-state index contributed by atoms with van der Waals surface area (Å²) in [5.41, 5.74) is 5.92. The van der Waals surface area contributed by atoms with Crippen molar-refractivity contribution in [1.29, 1.82) is 0 Å². The maximum absolute atomic E-state index is 13.6. The highest BCUT2D eigenvalue weighted by Gasteiger charge is 2.26. The van der Waals surface area contributed by atoms with Gasteiger partial charge in [0.05, 0.1) is 17.5 Å². The van der Waals surface area contributed by atoms with Crippen LogP contribution in [-0.2, 0) is 4.74 Å². The van der Waals surface area contributed by atoms with Gasteiger partial charge < -0.3 is 15.8 Å². The first kappa shape index (κ1) is 13.1. The van der Waals surface area contributed by atoms with E-state index in [1.165, 1.54) is 6.07 Å². The number of benzene rings is 1. The van der Waals surface area contributed by atoms with Crippen molar-refractivity contribution in [2.75, 3.05) is 24.2 Å². The Morgan fingerprint density at radius 2 is 2.22 bits per heavy atom. The lowest BCUT2D eigenvalue weighted by Crippen LogP contribution is -2.23. The number of hydrogen-bond acceptors (Lipinski definition) is 3. The van der Waals surface area contributed by atoms with Crippen LogP contribution in [0.1, 0.15) is 19.8 Å². The summed E-state index contributed by atoms with van der Waals surface area (Å²) in [7, 11) is 0. The molecule has 0 amide bonds. The van der Waals surface area contributed by atoms with Gasteiger partial charge in [-0.3, -0.25) is 0 Å². The van der Waals surface area contributed by atoms with E-state index in [1.54, 1.807) is 0 Å². The van der Waals surface area contributed by atoms with Crippen LogP contribution in [0.5, 0.6) is 0 Å². The normalized spacial score (nSPS) is 23.3. The van der Waals surface area contributed by atoms with Gasteiger partial charge in [0, 0.05) is 19.1 Å². The number of ether oxygens (including phenoxy) is 1. The molecule has 1 aromatic carbocycles. The zero-order valence-electron chi connectivity index (χ0n) is 10.4. The highest BCUT2D eigenvalue weighted by Crippen LogP contribution is 2.28. The molecule has 0 radical (unpaired) electrons. The Balaban J connectivity index is 2.04. The van der Waals surface area contributed by atoms with Gasteiger partial charge in [-0.15, -0.1) is 0 Å². The van der Waals surface area contributed by atoms with Gasteiger partial charge in [0.25, 0.3) is 0 Å². The lowest BCUT2D eigenvalue weighted by atomic mass is 9.99. The summed E-state index contributed by atoms with van der Waals surface area (Å²) in [5.74, 6) is -1.49. The fourth-order valence-electron chi connectivity index (χ4n) is 2.36. The molecule has 2 atom stereocenters. The Labute approximate surface area is 105 Å². The zero-order chi connectivity index (χ0) is 13.1. The van der Waals surface area contributed by atoms with Gasteiger partial charge in [-0.2, -0.15) is 0 Å². The molecule has 1 aliphatic rings. The molecule has 0 saturated carbocycles. The van der Waals surface area contributed by atoms with Crippen molar-refractivity contribution in [2.45, 2.75) is 25.9 Å². The minimum atomic E-state index is -0.915.